The molecule has 154 valence electrons. The zero-order valence-corrected chi connectivity index (χ0v) is 16.5. The molecule has 2 N–H and O–H groups in total. The van der Waals surface area contributed by atoms with E-state index in [1.807, 2.05) is 0 Å². The zero-order chi connectivity index (χ0) is 21.7. The Hall–Kier alpha value is -4.21. The van der Waals surface area contributed by atoms with Crippen molar-refractivity contribution >= 4 is 17.3 Å². The molecule has 0 saturated heterocycles. The van der Waals surface area contributed by atoms with Crippen LogP contribution in [0.15, 0.2) is 53.6 Å². The van der Waals surface area contributed by atoms with Gasteiger partial charge in [0.05, 0.1) is 30.5 Å². The van der Waals surface area contributed by atoms with Gasteiger partial charge in [-0.25, -0.2) is 5.43 Å². The highest BCUT2D eigenvalue weighted by molar-refractivity contribution is 6.00. The molecular weight excluding hydrogens is 390 g/mol. The molecule has 0 aliphatic carbocycles. The van der Waals surface area contributed by atoms with E-state index in [0.29, 0.717) is 34.0 Å². The third-order valence-electron chi connectivity index (χ3n) is 4.33. The van der Waals surface area contributed by atoms with Gasteiger partial charge < -0.3 is 9.47 Å². The Morgan fingerprint density at radius 1 is 1.13 bits per heavy atom. The number of nitrogens with one attached hydrogen (secondary N) is 2. The first-order valence-electron chi connectivity index (χ1n) is 8.80. The van der Waals surface area contributed by atoms with Crippen molar-refractivity contribution in [2.24, 2.45) is 5.10 Å². The summed E-state index contributed by atoms with van der Waals surface area (Å²) in [5.74, 6) is 0.711. The monoisotopic (exact) mass is 409 g/mol. The van der Waals surface area contributed by atoms with Gasteiger partial charge in [0, 0.05) is 23.8 Å². The van der Waals surface area contributed by atoms with E-state index in [9.17, 15) is 14.9 Å². The lowest BCUT2D eigenvalue weighted by Crippen LogP contribution is -2.19. The molecule has 0 aliphatic heterocycles. The number of aromatic amines is 1. The van der Waals surface area contributed by atoms with Gasteiger partial charge in [0.1, 0.15) is 17.2 Å². The van der Waals surface area contributed by atoms with Gasteiger partial charge in [-0.2, -0.15) is 10.2 Å². The number of nitro groups is 1. The number of methoxy groups -OCH3 is 2. The molecule has 3 aromatic rings. The van der Waals surface area contributed by atoms with E-state index in [1.54, 1.807) is 50.4 Å². The number of carbonyl (C=O) groups is 1. The maximum Gasteiger partial charge on any atom is 0.289 e. The van der Waals surface area contributed by atoms with Gasteiger partial charge >= 0.3 is 0 Å². The number of hydrogen-bond donors (Lipinski definition) is 2. The molecule has 30 heavy (non-hydrogen) atoms. The predicted molar refractivity (Wildman–Crippen MR) is 110 cm³/mol. The molecule has 1 heterocycles. The second-order valence-corrected chi connectivity index (χ2v) is 6.18. The van der Waals surface area contributed by atoms with E-state index in [1.165, 1.54) is 19.2 Å². The number of carbonyl (C=O) groups excluding carboxylic acids is 1. The Kier molecular flexibility index (Phi) is 6.06. The lowest BCUT2D eigenvalue weighted by atomic mass is 10.1. The fourth-order valence-electron chi connectivity index (χ4n) is 2.67. The first-order valence-corrected chi connectivity index (χ1v) is 8.80. The summed E-state index contributed by atoms with van der Waals surface area (Å²) in [6.45, 7) is 1.68. The smallest absolute Gasteiger partial charge is 0.289 e. The van der Waals surface area contributed by atoms with Crippen molar-refractivity contribution in [1.82, 2.24) is 15.6 Å². The Bertz CT molecular complexity index is 1110. The van der Waals surface area contributed by atoms with Gasteiger partial charge in [0.25, 0.3) is 11.6 Å². The first-order chi connectivity index (χ1) is 14.4. The number of nitrogens with zero attached hydrogens (tertiary/aromatic N) is 3. The lowest BCUT2D eigenvalue weighted by Gasteiger charge is -2.08. The summed E-state index contributed by atoms with van der Waals surface area (Å²) in [5, 5.41) is 21.6. The van der Waals surface area contributed by atoms with E-state index in [2.05, 4.69) is 20.7 Å². The zero-order valence-electron chi connectivity index (χ0n) is 16.5. The molecule has 0 radical (unpaired) electrons. The summed E-state index contributed by atoms with van der Waals surface area (Å²) in [4.78, 5) is 22.6. The molecule has 1 amide bonds. The molecule has 10 nitrogen and oxygen atoms in total. The molecule has 0 bridgehead atoms. The van der Waals surface area contributed by atoms with Crippen LogP contribution in [0.1, 0.15) is 23.0 Å². The number of hydrazone groups is 1. The Balaban J connectivity index is 1.73. The maximum atomic E-state index is 12.4. The molecule has 10 heteroatoms. The second-order valence-electron chi connectivity index (χ2n) is 6.18. The molecule has 0 aliphatic rings. The number of non-ortho nitro benzene ring substituents is 1. The van der Waals surface area contributed by atoms with Gasteiger partial charge in [0.15, 0.2) is 0 Å². The van der Waals surface area contributed by atoms with Crippen molar-refractivity contribution in [2.75, 3.05) is 14.2 Å². The van der Waals surface area contributed by atoms with Crippen LogP contribution in [0.5, 0.6) is 11.5 Å². The number of benzene rings is 2. The van der Waals surface area contributed by atoms with E-state index in [-0.39, 0.29) is 11.4 Å². The van der Waals surface area contributed by atoms with Crippen molar-refractivity contribution in [2.45, 2.75) is 6.92 Å². The highest BCUT2D eigenvalue weighted by atomic mass is 16.6. The Morgan fingerprint density at radius 2 is 1.87 bits per heavy atom. The highest BCUT2D eigenvalue weighted by Gasteiger charge is 2.15. The minimum Gasteiger partial charge on any atom is -0.497 e. The number of ether oxygens (including phenoxy) is 2. The van der Waals surface area contributed by atoms with Crippen LogP contribution in [-0.4, -0.2) is 41.0 Å². The van der Waals surface area contributed by atoms with Crippen molar-refractivity contribution < 1.29 is 19.2 Å². The van der Waals surface area contributed by atoms with Gasteiger partial charge in [-0.3, -0.25) is 20.0 Å². The Labute approximate surface area is 171 Å². The second kappa shape index (κ2) is 8.86. The minimum absolute atomic E-state index is 0.0189. The third-order valence-corrected chi connectivity index (χ3v) is 4.33. The van der Waals surface area contributed by atoms with E-state index >= 15 is 0 Å². The summed E-state index contributed by atoms with van der Waals surface area (Å²) in [5.41, 5.74) is 4.99. The maximum absolute atomic E-state index is 12.4. The molecule has 0 unspecified atom stereocenters. The minimum atomic E-state index is -0.484. The number of hydrogen-bond acceptors (Lipinski definition) is 7. The largest absolute Gasteiger partial charge is 0.497 e. The van der Waals surface area contributed by atoms with Crippen LogP contribution in [0.2, 0.25) is 0 Å². The lowest BCUT2D eigenvalue weighted by molar-refractivity contribution is -0.384. The van der Waals surface area contributed by atoms with E-state index < -0.39 is 10.8 Å². The standard InChI is InChI=1S/C20H19N5O5/c1-12(13-4-6-14(7-5-13)25(27)28)21-24-20(26)18-11-17(22-23-18)16-9-8-15(29-2)10-19(16)30-3/h4-11H,1-3H3,(H,22,23)(H,24,26)/b21-12+. The van der Waals surface area contributed by atoms with Crippen LogP contribution < -0.4 is 14.9 Å². The fraction of sp³-hybridized carbons (Fsp3) is 0.150. The van der Waals surface area contributed by atoms with Crippen molar-refractivity contribution in [3.8, 4) is 22.8 Å². The van der Waals surface area contributed by atoms with Gasteiger partial charge in [-0.1, -0.05) is 0 Å². The summed E-state index contributed by atoms with van der Waals surface area (Å²) >= 11 is 0. The van der Waals surface area contributed by atoms with Crippen LogP contribution in [0.4, 0.5) is 5.69 Å². The fourth-order valence-corrected chi connectivity index (χ4v) is 2.67. The number of aromatic nitrogens is 2. The Morgan fingerprint density at radius 3 is 2.50 bits per heavy atom. The summed E-state index contributed by atoms with van der Waals surface area (Å²) < 4.78 is 10.5. The van der Waals surface area contributed by atoms with Crippen molar-refractivity contribution in [3.05, 3.63) is 69.9 Å². The molecule has 0 spiro atoms. The number of H-pyrrole nitrogens is 1. The summed E-state index contributed by atoms with van der Waals surface area (Å²) in [6, 6.07) is 12.7. The first kappa shape index (κ1) is 20.5. The number of nitro benzene ring substituents is 1. The third kappa shape index (κ3) is 4.43. The molecule has 0 saturated carbocycles. The quantitative estimate of drug-likeness (QED) is 0.350. The van der Waals surface area contributed by atoms with E-state index in [0.717, 1.165) is 0 Å². The van der Waals surface area contributed by atoms with Crippen LogP contribution in [0, 0.1) is 10.1 Å². The van der Waals surface area contributed by atoms with Crippen LogP contribution in [-0.2, 0) is 0 Å². The SMILES string of the molecule is COc1ccc(-c2cc(C(=O)N/N=C(\C)c3ccc([N+](=O)[O-])cc3)[nH]n2)c(OC)c1. The number of amides is 1. The summed E-state index contributed by atoms with van der Waals surface area (Å²) in [6.07, 6.45) is 0. The van der Waals surface area contributed by atoms with Crippen molar-refractivity contribution in [1.29, 1.82) is 0 Å². The molecule has 1 aromatic heterocycles. The average Bonchev–Trinajstić information content (AvgIpc) is 3.26. The van der Waals surface area contributed by atoms with Crippen LogP contribution >= 0.6 is 0 Å². The summed E-state index contributed by atoms with van der Waals surface area (Å²) in [7, 11) is 3.10. The van der Waals surface area contributed by atoms with E-state index in [4.69, 9.17) is 9.47 Å². The van der Waals surface area contributed by atoms with Gasteiger partial charge in [-0.15, -0.1) is 0 Å². The molecule has 2 aromatic carbocycles. The van der Waals surface area contributed by atoms with Crippen LogP contribution in [0.25, 0.3) is 11.3 Å². The molecule has 3 rings (SSSR count). The topological polar surface area (TPSA) is 132 Å². The predicted octanol–water partition coefficient (Wildman–Crippen LogP) is 3.16. The molecular formula is C20H19N5O5. The van der Waals surface area contributed by atoms with Crippen molar-refractivity contribution in [3.63, 3.8) is 0 Å². The molecule has 0 fully saturated rings. The normalized spacial score (nSPS) is 11.1. The highest BCUT2D eigenvalue weighted by Crippen LogP contribution is 2.32. The van der Waals surface area contributed by atoms with Gasteiger partial charge in [0.2, 0.25) is 0 Å². The van der Waals surface area contributed by atoms with Gasteiger partial charge in [-0.05, 0) is 42.8 Å². The average molecular weight is 409 g/mol. The van der Waals surface area contributed by atoms with Crippen LogP contribution in [0.3, 0.4) is 0 Å². The number of rotatable bonds is 7. The molecule has 0 atom stereocenters.